The number of ether oxygens (including phenoxy) is 1. The van der Waals surface area contributed by atoms with Crippen LogP contribution >= 0.6 is 0 Å². The summed E-state index contributed by atoms with van der Waals surface area (Å²) in [7, 11) is -2.16. The Kier molecular flexibility index (Phi) is 6.79. The molecule has 1 aromatic rings. The standard InChI is InChI=1S/C12H20N2O4S/c1-3-4-8-17-9-7-14-10-11-5-6-12(18-11)19(15,16)13-2/h3,5-6,13-14H,1,4,7-10H2,2H3. The molecule has 0 aliphatic carbocycles. The summed E-state index contributed by atoms with van der Waals surface area (Å²) in [6.45, 7) is 5.99. The summed E-state index contributed by atoms with van der Waals surface area (Å²) < 4.78 is 35.6. The molecule has 0 spiro atoms. The lowest BCUT2D eigenvalue weighted by Crippen LogP contribution is -2.19. The monoisotopic (exact) mass is 288 g/mol. The maximum Gasteiger partial charge on any atom is 0.273 e. The number of sulfonamides is 1. The van der Waals surface area contributed by atoms with Crippen LogP contribution in [0.5, 0.6) is 0 Å². The van der Waals surface area contributed by atoms with Gasteiger partial charge in [-0.05, 0) is 25.6 Å². The minimum atomic E-state index is -3.50. The highest BCUT2D eigenvalue weighted by atomic mass is 32.2. The van der Waals surface area contributed by atoms with Crippen LogP contribution in [0.3, 0.4) is 0 Å². The van der Waals surface area contributed by atoms with E-state index in [0.717, 1.165) is 6.42 Å². The smallest absolute Gasteiger partial charge is 0.273 e. The van der Waals surface area contributed by atoms with Gasteiger partial charge in [-0.25, -0.2) is 13.1 Å². The van der Waals surface area contributed by atoms with Crippen molar-refractivity contribution in [1.29, 1.82) is 0 Å². The van der Waals surface area contributed by atoms with Crippen molar-refractivity contribution in [2.75, 3.05) is 26.8 Å². The third-order valence-corrected chi connectivity index (χ3v) is 3.65. The molecule has 0 amide bonds. The van der Waals surface area contributed by atoms with Crippen LogP contribution < -0.4 is 10.0 Å². The van der Waals surface area contributed by atoms with Gasteiger partial charge in [-0.3, -0.25) is 0 Å². The Bertz CT molecular complexity index is 482. The van der Waals surface area contributed by atoms with Crippen LogP contribution in [-0.4, -0.2) is 35.2 Å². The van der Waals surface area contributed by atoms with E-state index in [0.29, 0.717) is 32.1 Å². The minimum Gasteiger partial charge on any atom is -0.447 e. The number of hydrogen-bond donors (Lipinski definition) is 2. The van der Waals surface area contributed by atoms with Gasteiger partial charge in [0, 0.05) is 6.54 Å². The molecule has 1 aromatic heterocycles. The predicted molar refractivity (Wildman–Crippen MR) is 72.3 cm³/mol. The molecule has 0 unspecified atom stereocenters. The molecule has 0 saturated heterocycles. The summed E-state index contributed by atoms with van der Waals surface area (Å²) in [5.41, 5.74) is 0. The molecule has 2 N–H and O–H groups in total. The lowest BCUT2D eigenvalue weighted by molar-refractivity contribution is 0.140. The van der Waals surface area contributed by atoms with Crippen LogP contribution in [0.2, 0.25) is 0 Å². The highest BCUT2D eigenvalue weighted by Gasteiger charge is 2.15. The number of nitrogens with one attached hydrogen (secondary N) is 2. The lowest BCUT2D eigenvalue weighted by Gasteiger charge is -2.03. The zero-order chi connectivity index (χ0) is 14.1. The van der Waals surface area contributed by atoms with E-state index < -0.39 is 10.0 Å². The van der Waals surface area contributed by atoms with Crippen LogP contribution in [0, 0.1) is 0 Å². The Morgan fingerprint density at radius 3 is 2.89 bits per heavy atom. The van der Waals surface area contributed by atoms with Gasteiger partial charge < -0.3 is 14.5 Å². The molecule has 0 aliphatic heterocycles. The summed E-state index contributed by atoms with van der Waals surface area (Å²) in [4.78, 5) is 0. The fourth-order valence-corrected chi connectivity index (χ4v) is 1.99. The van der Waals surface area contributed by atoms with Crippen molar-refractivity contribution >= 4 is 10.0 Å². The van der Waals surface area contributed by atoms with Crippen molar-refractivity contribution in [3.05, 3.63) is 30.5 Å². The average Bonchev–Trinajstić information content (AvgIpc) is 2.87. The molecule has 0 aliphatic rings. The minimum absolute atomic E-state index is 0.0750. The number of hydrogen-bond acceptors (Lipinski definition) is 5. The summed E-state index contributed by atoms with van der Waals surface area (Å²) in [5, 5.41) is 3.03. The Hall–Kier alpha value is -1.15. The van der Waals surface area contributed by atoms with Gasteiger partial charge in [0.25, 0.3) is 10.0 Å². The molecule has 19 heavy (non-hydrogen) atoms. The average molecular weight is 288 g/mol. The normalized spacial score (nSPS) is 11.6. The van der Waals surface area contributed by atoms with Crippen molar-refractivity contribution in [1.82, 2.24) is 10.0 Å². The van der Waals surface area contributed by atoms with Gasteiger partial charge in [0.05, 0.1) is 19.8 Å². The van der Waals surface area contributed by atoms with Crippen LogP contribution in [0.25, 0.3) is 0 Å². The second-order valence-electron chi connectivity index (χ2n) is 3.79. The zero-order valence-electron chi connectivity index (χ0n) is 11.0. The summed E-state index contributed by atoms with van der Waals surface area (Å²) in [6, 6.07) is 3.07. The zero-order valence-corrected chi connectivity index (χ0v) is 11.8. The van der Waals surface area contributed by atoms with E-state index in [1.54, 1.807) is 12.1 Å². The van der Waals surface area contributed by atoms with Gasteiger partial charge in [-0.1, -0.05) is 6.08 Å². The van der Waals surface area contributed by atoms with Crippen LogP contribution in [0.1, 0.15) is 12.2 Å². The Labute approximate surface area is 113 Å². The first-order valence-electron chi connectivity index (χ1n) is 6.02. The van der Waals surface area contributed by atoms with Gasteiger partial charge in [-0.15, -0.1) is 6.58 Å². The molecule has 6 nitrogen and oxygen atoms in total. The maximum absolute atomic E-state index is 11.4. The summed E-state index contributed by atoms with van der Waals surface area (Å²) in [5.74, 6) is 0.569. The third kappa shape index (κ3) is 5.56. The fourth-order valence-electron chi connectivity index (χ4n) is 1.32. The van der Waals surface area contributed by atoms with Crippen molar-refractivity contribution < 1.29 is 17.6 Å². The molecule has 0 atom stereocenters. The van der Waals surface area contributed by atoms with E-state index in [1.165, 1.54) is 13.1 Å². The Morgan fingerprint density at radius 2 is 2.21 bits per heavy atom. The molecular formula is C12H20N2O4S. The Morgan fingerprint density at radius 1 is 1.42 bits per heavy atom. The molecule has 0 bridgehead atoms. The fraction of sp³-hybridized carbons (Fsp3) is 0.500. The summed E-state index contributed by atoms with van der Waals surface area (Å²) in [6.07, 6.45) is 2.64. The molecule has 1 rings (SSSR count). The second-order valence-corrected chi connectivity index (χ2v) is 5.61. The lowest BCUT2D eigenvalue weighted by atomic mass is 10.4. The summed E-state index contributed by atoms with van der Waals surface area (Å²) >= 11 is 0. The molecule has 0 fully saturated rings. The second kappa shape index (κ2) is 8.11. The van der Waals surface area contributed by atoms with E-state index in [-0.39, 0.29) is 5.09 Å². The largest absolute Gasteiger partial charge is 0.447 e. The topological polar surface area (TPSA) is 80.6 Å². The molecular weight excluding hydrogens is 268 g/mol. The highest BCUT2D eigenvalue weighted by Crippen LogP contribution is 2.12. The van der Waals surface area contributed by atoms with Gasteiger partial charge in [0.15, 0.2) is 0 Å². The maximum atomic E-state index is 11.4. The number of rotatable bonds is 10. The first kappa shape index (κ1) is 15.9. The van der Waals surface area contributed by atoms with E-state index in [1.807, 2.05) is 0 Å². The van der Waals surface area contributed by atoms with Gasteiger partial charge in [-0.2, -0.15) is 0 Å². The molecule has 7 heteroatoms. The van der Waals surface area contributed by atoms with Crippen LogP contribution in [0.15, 0.2) is 34.3 Å². The van der Waals surface area contributed by atoms with Gasteiger partial charge in [0.2, 0.25) is 5.09 Å². The van der Waals surface area contributed by atoms with Crippen molar-refractivity contribution in [2.24, 2.45) is 0 Å². The predicted octanol–water partition coefficient (Wildman–Crippen LogP) is 0.870. The van der Waals surface area contributed by atoms with E-state index >= 15 is 0 Å². The van der Waals surface area contributed by atoms with E-state index in [9.17, 15) is 8.42 Å². The van der Waals surface area contributed by atoms with Crippen molar-refractivity contribution in [3.63, 3.8) is 0 Å². The van der Waals surface area contributed by atoms with Crippen LogP contribution in [0.4, 0.5) is 0 Å². The van der Waals surface area contributed by atoms with Gasteiger partial charge in [0.1, 0.15) is 5.76 Å². The van der Waals surface area contributed by atoms with Crippen molar-refractivity contribution in [3.8, 4) is 0 Å². The SMILES string of the molecule is C=CCCOCCNCc1ccc(S(=O)(=O)NC)o1. The van der Waals surface area contributed by atoms with Gasteiger partial charge >= 0.3 is 0 Å². The quantitative estimate of drug-likeness (QED) is 0.493. The molecule has 1 heterocycles. The van der Waals surface area contributed by atoms with Crippen LogP contribution in [-0.2, 0) is 21.3 Å². The molecule has 0 saturated carbocycles. The molecule has 0 radical (unpaired) electrons. The third-order valence-electron chi connectivity index (χ3n) is 2.36. The first-order chi connectivity index (χ1) is 9.10. The number of furan rings is 1. The Balaban J connectivity index is 2.26. The van der Waals surface area contributed by atoms with E-state index in [4.69, 9.17) is 9.15 Å². The first-order valence-corrected chi connectivity index (χ1v) is 7.50. The molecule has 0 aromatic carbocycles. The molecule has 108 valence electrons. The van der Waals surface area contributed by atoms with Crippen molar-refractivity contribution in [2.45, 2.75) is 18.1 Å². The van der Waals surface area contributed by atoms with E-state index in [2.05, 4.69) is 16.6 Å². The highest BCUT2D eigenvalue weighted by molar-refractivity contribution is 7.89.